The molecule has 3 unspecified atom stereocenters. The van der Waals surface area contributed by atoms with Gasteiger partial charge >= 0.3 is 12.1 Å². The van der Waals surface area contributed by atoms with Gasteiger partial charge in [0.2, 0.25) is 0 Å². The van der Waals surface area contributed by atoms with Crippen LogP contribution in [-0.4, -0.2) is 50.2 Å². The largest absolute Gasteiger partial charge is 0.465 e. The van der Waals surface area contributed by atoms with E-state index in [9.17, 15) is 18.0 Å². The van der Waals surface area contributed by atoms with Gasteiger partial charge in [-0.25, -0.2) is 13.2 Å². The first-order valence-electron chi connectivity index (χ1n) is 8.18. The van der Waals surface area contributed by atoms with E-state index in [0.29, 0.717) is 12.1 Å². The van der Waals surface area contributed by atoms with Gasteiger partial charge in [0.05, 0.1) is 13.2 Å². The summed E-state index contributed by atoms with van der Waals surface area (Å²) in [5, 5.41) is 0. The summed E-state index contributed by atoms with van der Waals surface area (Å²) in [5.74, 6) is -1.45. The number of benzene rings is 1. The summed E-state index contributed by atoms with van der Waals surface area (Å²) >= 11 is 3.34. The van der Waals surface area contributed by atoms with Gasteiger partial charge in [0.15, 0.2) is 14.6 Å². The molecule has 7 nitrogen and oxygen atoms in total. The summed E-state index contributed by atoms with van der Waals surface area (Å²) in [7, 11) is -3.78. The summed E-state index contributed by atoms with van der Waals surface area (Å²) in [4.78, 5) is 26.3. The number of rotatable bonds is 5. The van der Waals surface area contributed by atoms with E-state index in [1.54, 1.807) is 31.2 Å². The van der Waals surface area contributed by atoms with Crippen molar-refractivity contribution >= 4 is 43.5 Å². The third-order valence-corrected chi connectivity index (χ3v) is 7.74. The number of sulfone groups is 1. The number of carbonyl (C=O) groups excluding carboxylic acids is 2. The highest BCUT2D eigenvalue weighted by atomic mass is 79.9. The number of ether oxygens (including phenoxy) is 2. The Bertz CT molecular complexity index is 855. The number of carbonyl (C=O) groups is 2. The van der Waals surface area contributed by atoms with E-state index in [2.05, 4.69) is 15.9 Å². The lowest BCUT2D eigenvalue weighted by Gasteiger charge is -2.26. The molecule has 2 fully saturated rings. The first kappa shape index (κ1) is 19.2. The predicted octanol–water partition coefficient (Wildman–Crippen LogP) is 2.53. The van der Waals surface area contributed by atoms with Crippen LogP contribution in [0.3, 0.4) is 0 Å². The standard InChI is InChI=1S/C17H20BrNO6S/c1-4-24-14(20)16(2,26(3,22)23)13-9-17(13)10-19(15(21)25-17)12-7-5-11(18)6-8-12/h5-8,13H,4,9-10H2,1-3H3. The first-order chi connectivity index (χ1) is 12.0. The predicted molar refractivity (Wildman–Crippen MR) is 98.7 cm³/mol. The maximum atomic E-state index is 12.4. The van der Waals surface area contributed by atoms with Crippen LogP contribution in [0.1, 0.15) is 20.3 Å². The fourth-order valence-corrected chi connectivity index (χ4v) is 4.95. The number of esters is 1. The summed E-state index contributed by atoms with van der Waals surface area (Å²) in [5.41, 5.74) is -0.340. The Morgan fingerprint density at radius 3 is 2.58 bits per heavy atom. The summed E-state index contributed by atoms with van der Waals surface area (Å²) in [6, 6.07) is 7.14. The SMILES string of the molecule is CCOC(=O)C(C)(C1CC12CN(c1ccc(Br)cc1)C(=O)O2)S(C)(=O)=O. The van der Waals surface area contributed by atoms with Crippen molar-refractivity contribution in [1.29, 1.82) is 0 Å². The lowest BCUT2D eigenvalue weighted by atomic mass is 10.0. The summed E-state index contributed by atoms with van der Waals surface area (Å²) in [6.45, 7) is 3.25. The van der Waals surface area contributed by atoms with Gasteiger partial charge in [0.25, 0.3) is 0 Å². The Morgan fingerprint density at radius 2 is 2.04 bits per heavy atom. The first-order valence-corrected chi connectivity index (χ1v) is 10.9. The molecule has 0 bridgehead atoms. The highest BCUT2D eigenvalue weighted by molar-refractivity contribution is 9.10. The molecule has 0 radical (unpaired) electrons. The second kappa shape index (κ2) is 6.23. The zero-order valence-electron chi connectivity index (χ0n) is 14.7. The van der Waals surface area contributed by atoms with Crippen LogP contribution in [0.5, 0.6) is 0 Å². The molecule has 2 aliphatic rings. The van der Waals surface area contributed by atoms with E-state index in [4.69, 9.17) is 9.47 Å². The van der Waals surface area contributed by atoms with Crippen LogP contribution < -0.4 is 4.90 Å². The Labute approximate surface area is 160 Å². The molecule has 142 valence electrons. The summed E-state index contributed by atoms with van der Waals surface area (Å²) in [6.07, 6.45) is 0.766. The van der Waals surface area contributed by atoms with Gasteiger partial charge < -0.3 is 9.47 Å². The molecule has 1 heterocycles. The Hall–Kier alpha value is -1.61. The number of nitrogens with zero attached hydrogens (tertiary/aromatic N) is 1. The molecule has 0 N–H and O–H groups in total. The second-order valence-corrected chi connectivity index (χ2v) is 10.2. The Morgan fingerprint density at radius 1 is 1.42 bits per heavy atom. The molecule has 1 aliphatic heterocycles. The minimum atomic E-state index is -3.78. The summed E-state index contributed by atoms with van der Waals surface area (Å²) < 4.78 is 34.5. The molecule has 26 heavy (non-hydrogen) atoms. The molecule has 9 heteroatoms. The van der Waals surface area contributed by atoms with Gasteiger partial charge in [0, 0.05) is 22.3 Å². The van der Waals surface area contributed by atoms with Crippen LogP contribution in [-0.2, 0) is 24.1 Å². The van der Waals surface area contributed by atoms with Crippen LogP contribution in [0.25, 0.3) is 0 Å². The van der Waals surface area contributed by atoms with Gasteiger partial charge in [-0.3, -0.25) is 9.69 Å². The van der Waals surface area contributed by atoms with Crippen molar-refractivity contribution in [3.05, 3.63) is 28.7 Å². The molecule has 1 aromatic carbocycles. The van der Waals surface area contributed by atoms with E-state index in [1.807, 2.05) is 0 Å². The third-order valence-electron chi connectivity index (χ3n) is 5.22. The van der Waals surface area contributed by atoms with Crippen LogP contribution in [0, 0.1) is 5.92 Å². The molecule has 3 atom stereocenters. The Kier molecular flexibility index (Phi) is 4.59. The second-order valence-electron chi connectivity index (χ2n) is 6.85. The topological polar surface area (TPSA) is 90.0 Å². The van der Waals surface area contributed by atoms with E-state index >= 15 is 0 Å². The number of hydrogen-bond donors (Lipinski definition) is 0. The van der Waals surface area contributed by atoms with E-state index in [1.165, 1.54) is 11.8 Å². The lowest BCUT2D eigenvalue weighted by Crippen LogP contribution is -2.49. The van der Waals surface area contributed by atoms with Crippen molar-refractivity contribution in [2.75, 3.05) is 24.3 Å². The minimum absolute atomic E-state index is 0.0778. The van der Waals surface area contributed by atoms with Gasteiger partial charge in [-0.1, -0.05) is 15.9 Å². The molecule has 1 saturated heterocycles. The van der Waals surface area contributed by atoms with Crippen molar-refractivity contribution in [2.45, 2.75) is 30.6 Å². The van der Waals surface area contributed by atoms with Crippen LogP contribution in [0.4, 0.5) is 10.5 Å². The quantitative estimate of drug-likeness (QED) is 0.646. The van der Waals surface area contributed by atoms with Crippen molar-refractivity contribution < 1.29 is 27.5 Å². The molecule has 3 rings (SSSR count). The normalized spacial score (nSPS) is 27.2. The third kappa shape index (κ3) is 2.90. The molecule has 1 aromatic rings. The fourth-order valence-electron chi connectivity index (χ4n) is 3.51. The number of amides is 1. The molecule has 1 saturated carbocycles. The fraction of sp³-hybridized carbons (Fsp3) is 0.529. The smallest absolute Gasteiger partial charge is 0.415 e. The monoisotopic (exact) mass is 445 g/mol. The zero-order valence-corrected chi connectivity index (χ0v) is 17.1. The Balaban J connectivity index is 1.89. The minimum Gasteiger partial charge on any atom is -0.465 e. The van der Waals surface area contributed by atoms with Gasteiger partial charge in [0.1, 0.15) is 5.60 Å². The number of halogens is 1. The van der Waals surface area contributed by atoms with E-state index in [0.717, 1.165) is 10.7 Å². The average molecular weight is 446 g/mol. The van der Waals surface area contributed by atoms with Gasteiger partial charge in [-0.15, -0.1) is 0 Å². The zero-order chi connectivity index (χ0) is 19.3. The lowest BCUT2D eigenvalue weighted by molar-refractivity contribution is -0.147. The van der Waals surface area contributed by atoms with Gasteiger partial charge in [-0.2, -0.15) is 0 Å². The molecule has 0 aromatic heterocycles. The van der Waals surface area contributed by atoms with Crippen LogP contribution >= 0.6 is 15.9 Å². The van der Waals surface area contributed by atoms with Crippen molar-refractivity contribution in [1.82, 2.24) is 0 Å². The number of hydrogen-bond acceptors (Lipinski definition) is 6. The maximum absolute atomic E-state index is 12.4. The molecule has 1 aliphatic carbocycles. The molecule has 1 spiro atoms. The maximum Gasteiger partial charge on any atom is 0.415 e. The van der Waals surface area contributed by atoms with Crippen molar-refractivity contribution in [2.24, 2.45) is 5.92 Å². The van der Waals surface area contributed by atoms with Gasteiger partial charge in [-0.05, 0) is 44.5 Å². The molecular weight excluding hydrogens is 426 g/mol. The van der Waals surface area contributed by atoms with Crippen LogP contribution in [0.2, 0.25) is 0 Å². The molecule has 1 amide bonds. The van der Waals surface area contributed by atoms with Crippen molar-refractivity contribution in [3.8, 4) is 0 Å². The highest BCUT2D eigenvalue weighted by Gasteiger charge is 2.74. The van der Waals surface area contributed by atoms with Crippen molar-refractivity contribution in [3.63, 3.8) is 0 Å². The molecular formula is C17H20BrNO6S. The highest BCUT2D eigenvalue weighted by Crippen LogP contribution is 2.58. The van der Waals surface area contributed by atoms with E-state index in [-0.39, 0.29) is 13.2 Å². The number of anilines is 1. The van der Waals surface area contributed by atoms with E-state index < -0.39 is 38.2 Å². The average Bonchev–Trinajstić information content (AvgIpc) is 3.15. The van der Waals surface area contributed by atoms with Crippen LogP contribution in [0.15, 0.2) is 28.7 Å².